The first-order chi connectivity index (χ1) is 8.65. The summed E-state index contributed by atoms with van der Waals surface area (Å²) in [4.78, 5) is 4.31. The van der Waals surface area contributed by atoms with Crippen molar-refractivity contribution in [2.45, 2.75) is 32.1 Å². The number of hydrogen-bond donors (Lipinski definition) is 1. The van der Waals surface area contributed by atoms with E-state index in [2.05, 4.69) is 4.99 Å². The first-order valence-corrected chi connectivity index (χ1v) is 6.40. The van der Waals surface area contributed by atoms with Gasteiger partial charge < -0.3 is 5.73 Å². The highest BCUT2D eigenvalue weighted by atomic mass is 19.1. The number of aliphatic imine (C=N–C) groups is 1. The van der Waals surface area contributed by atoms with E-state index < -0.39 is 11.6 Å². The van der Waals surface area contributed by atoms with E-state index in [0.717, 1.165) is 18.9 Å². The molecule has 1 saturated carbocycles. The molecule has 1 aromatic rings. The third-order valence-corrected chi connectivity index (χ3v) is 3.39. The Morgan fingerprint density at radius 3 is 2.39 bits per heavy atom. The first kappa shape index (κ1) is 13.0. The Labute approximate surface area is 106 Å². The summed E-state index contributed by atoms with van der Waals surface area (Å²) in [5, 5.41) is 0. The summed E-state index contributed by atoms with van der Waals surface area (Å²) >= 11 is 0. The number of rotatable bonds is 4. The fraction of sp³-hybridized carbons (Fsp3) is 0.500. The summed E-state index contributed by atoms with van der Waals surface area (Å²) in [5.41, 5.74) is 6.53. The number of hydrogen-bond acceptors (Lipinski definition) is 1. The normalized spacial score (nSPS) is 17.3. The van der Waals surface area contributed by atoms with Crippen LogP contribution in [0, 0.1) is 17.6 Å². The molecule has 1 aromatic carbocycles. The van der Waals surface area contributed by atoms with Gasteiger partial charge in [-0.1, -0.05) is 12.8 Å². The Bertz CT molecular complexity index is 417. The van der Waals surface area contributed by atoms with E-state index in [-0.39, 0.29) is 0 Å². The zero-order valence-corrected chi connectivity index (χ0v) is 10.3. The molecule has 0 saturated heterocycles. The van der Waals surface area contributed by atoms with Crippen molar-refractivity contribution in [3.05, 3.63) is 35.4 Å². The van der Waals surface area contributed by atoms with Gasteiger partial charge >= 0.3 is 0 Å². The van der Waals surface area contributed by atoms with Gasteiger partial charge in [-0.2, -0.15) is 0 Å². The van der Waals surface area contributed by atoms with Gasteiger partial charge in [0.1, 0.15) is 11.6 Å². The molecule has 18 heavy (non-hydrogen) atoms. The van der Waals surface area contributed by atoms with Crippen LogP contribution >= 0.6 is 0 Å². The van der Waals surface area contributed by atoms with Crippen molar-refractivity contribution in [2.24, 2.45) is 16.6 Å². The monoisotopic (exact) mass is 252 g/mol. The molecule has 0 atom stereocenters. The first-order valence-electron chi connectivity index (χ1n) is 6.40. The fourth-order valence-electron chi connectivity index (χ4n) is 2.42. The molecule has 0 aromatic heterocycles. The standard InChI is InChI=1S/C14H18F2N2/c15-12-7-10(8-13(16)9-12)5-6-18-14(17)11-3-1-2-4-11/h7-9,11H,1-6H2,(H2,17,18). The summed E-state index contributed by atoms with van der Waals surface area (Å²) in [6.45, 7) is 0.491. The molecular formula is C14H18F2N2. The van der Waals surface area contributed by atoms with Crippen LogP contribution in [0.3, 0.4) is 0 Å². The lowest BCUT2D eigenvalue weighted by molar-refractivity contribution is 0.579. The molecule has 0 amide bonds. The average Bonchev–Trinajstić information content (AvgIpc) is 2.80. The zero-order valence-electron chi connectivity index (χ0n) is 10.3. The van der Waals surface area contributed by atoms with E-state index in [9.17, 15) is 8.78 Å². The van der Waals surface area contributed by atoms with E-state index in [1.807, 2.05) is 0 Å². The number of nitrogens with two attached hydrogens (primary N) is 1. The van der Waals surface area contributed by atoms with Crippen molar-refractivity contribution in [3.63, 3.8) is 0 Å². The van der Waals surface area contributed by atoms with E-state index in [1.165, 1.54) is 25.0 Å². The van der Waals surface area contributed by atoms with Crippen LogP contribution in [0.1, 0.15) is 31.2 Å². The lowest BCUT2D eigenvalue weighted by Crippen LogP contribution is -2.21. The van der Waals surface area contributed by atoms with Gasteiger partial charge in [-0.25, -0.2) is 8.78 Å². The Balaban J connectivity index is 1.89. The van der Waals surface area contributed by atoms with Crippen molar-refractivity contribution in [2.75, 3.05) is 6.54 Å². The Morgan fingerprint density at radius 2 is 1.78 bits per heavy atom. The van der Waals surface area contributed by atoms with Crippen molar-refractivity contribution >= 4 is 5.84 Å². The van der Waals surface area contributed by atoms with Crippen molar-refractivity contribution < 1.29 is 8.78 Å². The molecule has 98 valence electrons. The molecule has 4 heteroatoms. The molecule has 0 heterocycles. The van der Waals surface area contributed by atoms with E-state index in [1.54, 1.807) is 0 Å². The quantitative estimate of drug-likeness (QED) is 0.649. The maximum atomic E-state index is 13.0. The van der Waals surface area contributed by atoms with E-state index >= 15 is 0 Å². The molecule has 0 spiro atoms. The molecule has 2 rings (SSSR count). The zero-order chi connectivity index (χ0) is 13.0. The van der Waals surface area contributed by atoms with Gasteiger partial charge in [0.15, 0.2) is 0 Å². The predicted molar refractivity (Wildman–Crippen MR) is 68.5 cm³/mol. The molecule has 2 nitrogen and oxygen atoms in total. The predicted octanol–water partition coefficient (Wildman–Crippen LogP) is 3.05. The minimum Gasteiger partial charge on any atom is -0.387 e. The van der Waals surface area contributed by atoms with Gasteiger partial charge in [0.25, 0.3) is 0 Å². The van der Waals surface area contributed by atoms with Gasteiger partial charge in [0.05, 0.1) is 5.84 Å². The molecule has 1 aliphatic rings. The average molecular weight is 252 g/mol. The summed E-state index contributed by atoms with van der Waals surface area (Å²) < 4.78 is 25.9. The second-order valence-electron chi connectivity index (χ2n) is 4.82. The molecule has 1 fully saturated rings. The third-order valence-electron chi connectivity index (χ3n) is 3.39. The highest BCUT2D eigenvalue weighted by Gasteiger charge is 2.18. The van der Waals surface area contributed by atoms with Crippen LogP contribution < -0.4 is 5.73 Å². The van der Waals surface area contributed by atoms with Crippen LogP contribution in [-0.4, -0.2) is 12.4 Å². The van der Waals surface area contributed by atoms with Crippen molar-refractivity contribution in [3.8, 4) is 0 Å². The van der Waals surface area contributed by atoms with Crippen molar-refractivity contribution in [1.82, 2.24) is 0 Å². The number of nitrogens with zero attached hydrogens (tertiary/aromatic N) is 1. The second kappa shape index (κ2) is 5.94. The number of halogens is 2. The van der Waals surface area contributed by atoms with Crippen LogP contribution in [0.4, 0.5) is 8.78 Å². The Kier molecular flexibility index (Phi) is 4.28. The highest BCUT2D eigenvalue weighted by Crippen LogP contribution is 2.24. The van der Waals surface area contributed by atoms with Gasteiger partial charge in [-0.3, -0.25) is 4.99 Å². The Morgan fingerprint density at radius 1 is 1.17 bits per heavy atom. The topological polar surface area (TPSA) is 38.4 Å². The SMILES string of the molecule is NC(=NCCc1cc(F)cc(F)c1)C1CCCC1. The van der Waals surface area contributed by atoms with E-state index in [0.29, 0.717) is 30.3 Å². The lowest BCUT2D eigenvalue weighted by atomic mass is 10.1. The second-order valence-corrected chi connectivity index (χ2v) is 4.82. The molecule has 0 aliphatic heterocycles. The number of amidine groups is 1. The van der Waals surface area contributed by atoms with Crippen LogP contribution in [-0.2, 0) is 6.42 Å². The molecular weight excluding hydrogens is 234 g/mol. The van der Waals surface area contributed by atoms with Crippen LogP contribution in [0.15, 0.2) is 23.2 Å². The maximum absolute atomic E-state index is 13.0. The lowest BCUT2D eigenvalue weighted by Gasteiger charge is -2.08. The number of benzene rings is 1. The fourth-order valence-corrected chi connectivity index (χ4v) is 2.42. The smallest absolute Gasteiger partial charge is 0.126 e. The molecule has 2 N–H and O–H groups in total. The van der Waals surface area contributed by atoms with Crippen LogP contribution in [0.5, 0.6) is 0 Å². The summed E-state index contributed by atoms with van der Waals surface area (Å²) in [5.74, 6) is 0.0223. The molecule has 1 aliphatic carbocycles. The minimum absolute atomic E-state index is 0.411. The maximum Gasteiger partial charge on any atom is 0.126 e. The van der Waals surface area contributed by atoms with E-state index in [4.69, 9.17) is 5.73 Å². The summed E-state index contributed by atoms with van der Waals surface area (Å²) in [7, 11) is 0. The molecule has 0 bridgehead atoms. The van der Waals surface area contributed by atoms with Gasteiger partial charge in [0.2, 0.25) is 0 Å². The largest absolute Gasteiger partial charge is 0.387 e. The minimum atomic E-state index is -0.544. The highest BCUT2D eigenvalue weighted by molar-refractivity contribution is 5.83. The van der Waals surface area contributed by atoms with Crippen LogP contribution in [0.25, 0.3) is 0 Å². The summed E-state index contributed by atoms with van der Waals surface area (Å²) in [6.07, 6.45) is 5.18. The van der Waals surface area contributed by atoms with Crippen molar-refractivity contribution in [1.29, 1.82) is 0 Å². The molecule has 0 unspecified atom stereocenters. The third kappa shape index (κ3) is 3.52. The van der Waals surface area contributed by atoms with Crippen LogP contribution in [0.2, 0.25) is 0 Å². The van der Waals surface area contributed by atoms with Gasteiger partial charge in [-0.15, -0.1) is 0 Å². The Hall–Kier alpha value is -1.45. The van der Waals surface area contributed by atoms with Gasteiger partial charge in [0, 0.05) is 18.5 Å². The van der Waals surface area contributed by atoms with Gasteiger partial charge in [-0.05, 0) is 37.0 Å². The molecule has 0 radical (unpaired) electrons. The summed E-state index contributed by atoms with van der Waals surface area (Å²) in [6, 6.07) is 3.55.